The molecule has 20 heavy (non-hydrogen) atoms. The minimum atomic E-state index is -4.20. The molecule has 0 saturated carbocycles. The van der Waals surface area contributed by atoms with Gasteiger partial charge in [-0.3, -0.25) is 4.68 Å². The minimum absolute atomic E-state index is 0.109. The van der Waals surface area contributed by atoms with Crippen molar-refractivity contribution in [3.05, 3.63) is 15.9 Å². The van der Waals surface area contributed by atoms with E-state index < -0.39 is 31.7 Å². The van der Waals surface area contributed by atoms with Gasteiger partial charge in [0.25, 0.3) is 0 Å². The SMILES string of the molecule is Cc1nn(C)c(CC(O)COCC(F)(F)C(F)F)c1Br. The molecule has 0 fully saturated rings. The Balaban J connectivity index is 2.47. The van der Waals surface area contributed by atoms with E-state index in [-0.39, 0.29) is 6.42 Å². The molecule has 1 aromatic rings. The highest BCUT2D eigenvalue weighted by Gasteiger charge is 2.41. The summed E-state index contributed by atoms with van der Waals surface area (Å²) in [5.41, 5.74) is 1.39. The van der Waals surface area contributed by atoms with Gasteiger partial charge in [0.15, 0.2) is 0 Å². The van der Waals surface area contributed by atoms with Crippen molar-refractivity contribution in [2.45, 2.75) is 31.8 Å². The highest BCUT2D eigenvalue weighted by Crippen LogP contribution is 2.24. The maximum Gasteiger partial charge on any atom is 0.330 e. The quantitative estimate of drug-likeness (QED) is 0.757. The molecule has 9 heteroatoms. The van der Waals surface area contributed by atoms with Crippen molar-refractivity contribution in [2.24, 2.45) is 7.05 Å². The van der Waals surface area contributed by atoms with E-state index in [9.17, 15) is 22.7 Å². The Hall–Kier alpha value is -0.670. The lowest BCUT2D eigenvalue weighted by molar-refractivity contribution is -0.170. The van der Waals surface area contributed by atoms with Gasteiger partial charge in [0.2, 0.25) is 0 Å². The van der Waals surface area contributed by atoms with Crippen molar-refractivity contribution >= 4 is 15.9 Å². The van der Waals surface area contributed by atoms with Gasteiger partial charge in [0, 0.05) is 13.5 Å². The molecule has 4 nitrogen and oxygen atoms in total. The van der Waals surface area contributed by atoms with Gasteiger partial charge in [-0.1, -0.05) is 0 Å². The van der Waals surface area contributed by atoms with Crippen LogP contribution in [0.4, 0.5) is 17.6 Å². The first kappa shape index (κ1) is 17.4. The number of halogens is 5. The molecule has 0 spiro atoms. The van der Waals surface area contributed by atoms with Crippen LogP contribution in [0.5, 0.6) is 0 Å². The van der Waals surface area contributed by atoms with Crippen molar-refractivity contribution in [3.63, 3.8) is 0 Å². The zero-order valence-electron chi connectivity index (χ0n) is 10.9. The van der Waals surface area contributed by atoms with Crippen LogP contribution in [0.2, 0.25) is 0 Å². The van der Waals surface area contributed by atoms with Crippen LogP contribution in [-0.4, -0.2) is 46.6 Å². The highest BCUT2D eigenvalue weighted by molar-refractivity contribution is 9.10. The molecular weight excluding hydrogens is 348 g/mol. The van der Waals surface area contributed by atoms with Crippen molar-refractivity contribution in [2.75, 3.05) is 13.2 Å². The van der Waals surface area contributed by atoms with Crippen LogP contribution in [0, 0.1) is 6.92 Å². The number of rotatable bonds is 7. The van der Waals surface area contributed by atoms with E-state index in [4.69, 9.17) is 0 Å². The third kappa shape index (κ3) is 4.42. The lowest BCUT2D eigenvalue weighted by Crippen LogP contribution is -2.34. The number of aryl methyl sites for hydroxylation is 2. The van der Waals surface area contributed by atoms with Crippen LogP contribution in [0.1, 0.15) is 11.4 Å². The predicted octanol–water partition coefficient (Wildman–Crippen LogP) is 2.31. The zero-order valence-corrected chi connectivity index (χ0v) is 12.5. The summed E-state index contributed by atoms with van der Waals surface area (Å²) in [4.78, 5) is 0. The standard InChI is InChI=1S/C11H15BrF4N2O2/c1-6-9(12)8(18(2)17-6)3-7(19)4-20-5-11(15,16)10(13)14/h7,10,19H,3-5H2,1-2H3. The number of hydrogen-bond donors (Lipinski definition) is 1. The Kier molecular flexibility index (Phi) is 5.96. The van der Waals surface area contributed by atoms with Crippen LogP contribution < -0.4 is 0 Å². The molecule has 0 aliphatic heterocycles. The molecule has 1 N–H and O–H groups in total. The number of nitrogens with zero attached hydrogens (tertiary/aromatic N) is 2. The summed E-state index contributed by atoms with van der Waals surface area (Å²) in [6.07, 6.45) is -4.76. The summed E-state index contributed by atoms with van der Waals surface area (Å²) < 4.78 is 55.6. The van der Waals surface area contributed by atoms with E-state index in [2.05, 4.69) is 25.8 Å². The fraction of sp³-hybridized carbons (Fsp3) is 0.727. The van der Waals surface area contributed by atoms with E-state index in [1.165, 1.54) is 4.68 Å². The normalized spacial score (nSPS) is 14.1. The third-order valence-corrected chi connectivity index (χ3v) is 3.65. The molecule has 1 aromatic heterocycles. The number of ether oxygens (including phenoxy) is 1. The molecule has 0 radical (unpaired) electrons. The van der Waals surface area contributed by atoms with E-state index in [0.717, 1.165) is 5.69 Å². The monoisotopic (exact) mass is 362 g/mol. The summed E-state index contributed by atoms with van der Waals surface area (Å²) in [5.74, 6) is -4.20. The van der Waals surface area contributed by atoms with Crippen molar-refractivity contribution in [1.29, 1.82) is 0 Å². The Bertz CT molecular complexity index is 454. The summed E-state index contributed by atoms with van der Waals surface area (Å²) >= 11 is 3.29. The predicted molar refractivity (Wildman–Crippen MR) is 67.1 cm³/mol. The van der Waals surface area contributed by atoms with Gasteiger partial charge < -0.3 is 9.84 Å². The molecule has 1 rings (SSSR count). The summed E-state index contributed by atoms with van der Waals surface area (Å²) in [7, 11) is 1.67. The van der Waals surface area contributed by atoms with E-state index in [0.29, 0.717) is 10.2 Å². The molecule has 0 aromatic carbocycles. The second-order valence-corrected chi connectivity index (χ2v) is 5.20. The van der Waals surface area contributed by atoms with Gasteiger partial charge in [0.05, 0.1) is 28.6 Å². The number of aliphatic hydroxyl groups is 1. The number of hydrogen-bond acceptors (Lipinski definition) is 3. The molecule has 1 heterocycles. The maximum atomic E-state index is 12.6. The van der Waals surface area contributed by atoms with Crippen molar-refractivity contribution < 1.29 is 27.4 Å². The Morgan fingerprint density at radius 2 is 2.05 bits per heavy atom. The average molecular weight is 363 g/mol. The smallest absolute Gasteiger partial charge is 0.330 e. The van der Waals surface area contributed by atoms with E-state index in [1.807, 2.05) is 0 Å². The first-order valence-corrected chi connectivity index (χ1v) is 6.54. The maximum absolute atomic E-state index is 12.6. The zero-order chi connectivity index (χ0) is 15.5. The lowest BCUT2D eigenvalue weighted by Gasteiger charge is -2.17. The van der Waals surface area contributed by atoms with Crippen molar-refractivity contribution in [3.8, 4) is 0 Å². The van der Waals surface area contributed by atoms with Crippen LogP contribution in [-0.2, 0) is 18.2 Å². The first-order valence-electron chi connectivity index (χ1n) is 5.75. The highest BCUT2D eigenvalue weighted by atomic mass is 79.9. The van der Waals surface area contributed by atoms with Gasteiger partial charge in [-0.25, -0.2) is 8.78 Å². The first-order chi connectivity index (χ1) is 9.15. The molecule has 0 saturated heterocycles. The van der Waals surface area contributed by atoms with Gasteiger partial charge >= 0.3 is 12.3 Å². The Labute approximate surface area is 121 Å². The van der Waals surface area contributed by atoms with Crippen LogP contribution in [0.25, 0.3) is 0 Å². The molecule has 0 amide bonds. The summed E-state index contributed by atoms with van der Waals surface area (Å²) in [5, 5.41) is 13.8. The largest absolute Gasteiger partial charge is 0.390 e. The molecule has 1 unspecified atom stereocenters. The topological polar surface area (TPSA) is 47.3 Å². The average Bonchev–Trinajstić information content (AvgIpc) is 2.55. The van der Waals surface area contributed by atoms with Gasteiger partial charge in [0.1, 0.15) is 6.61 Å². The van der Waals surface area contributed by atoms with E-state index in [1.54, 1.807) is 14.0 Å². The molecule has 116 valence electrons. The fourth-order valence-electron chi connectivity index (χ4n) is 1.58. The number of alkyl halides is 4. The summed E-state index contributed by atoms with van der Waals surface area (Å²) in [6, 6.07) is 0. The second-order valence-electron chi connectivity index (χ2n) is 4.40. The second kappa shape index (κ2) is 6.86. The molecular formula is C11H15BrF4N2O2. The fourth-order valence-corrected chi connectivity index (χ4v) is 2.08. The third-order valence-electron chi connectivity index (χ3n) is 2.61. The minimum Gasteiger partial charge on any atom is -0.390 e. The van der Waals surface area contributed by atoms with Gasteiger partial charge in [-0.05, 0) is 22.9 Å². The molecule has 0 aliphatic carbocycles. The number of aliphatic hydroxyl groups excluding tert-OH is 1. The van der Waals surface area contributed by atoms with E-state index >= 15 is 0 Å². The van der Waals surface area contributed by atoms with Gasteiger partial charge in [-0.2, -0.15) is 13.9 Å². The number of aromatic nitrogens is 2. The Morgan fingerprint density at radius 3 is 2.50 bits per heavy atom. The van der Waals surface area contributed by atoms with Crippen LogP contribution in [0.15, 0.2) is 4.47 Å². The Morgan fingerprint density at radius 1 is 1.45 bits per heavy atom. The lowest BCUT2D eigenvalue weighted by atomic mass is 10.2. The molecule has 0 aliphatic rings. The molecule has 1 atom stereocenters. The van der Waals surface area contributed by atoms with Crippen molar-refractivity contribution in [1.82, 2.24) is 9.78 Å². The summed E-state index contributed by atoms with van der Waals surface area (Å²) in [6.45, 7) is -0.119. The van der Waals surface area contributed by atoms with Crippen LogP contribution in [0.3, 0.4) is 0 Å². The van der Waals surface area contributed by atoms with Crippen LogP contribution >= 0.6 is 15.9 Å². The molecule has 0 bridgehead atoms. The van der Waals surface area contributed by atoms with Gasteiger partial charge in [-0.15, -0.1) is 0 Å².